The summed E-state index contributed by atoms with van der Waals surface area (Å²) in [5, 5.41) is 0. The molecular weight excluding hydrogens is 186 g/mol. The Morgan fingerprint density at radius 1 is 1.07 bits per heavy atom. The van der Waals surface area contributed by atoms with Gasteiger partial charge < -0.3 is 0 Å². The van der Waals surface area contributed by atoms with Crippen LogP contribution < -0.4 is 0 Å². The van der Waals surface area contributed by atoms with E-state index < -0.39 is 0 Å². The topological polar surface area (TPSA) is 30.7 Å². The summed E-state index contributed by atoms with van der Waals surface area (Å²) >= 11 is 0. The first-order valence-corrected chi connectivity index (χ1v) is 5.20. The van der Waals surface area contributed by atoms with Gasteiger partial charge in [0, 0.05) is 11.9 Å². The first-order chi connectivity index (χ1) is 7.25. The summed E-state index contributed by atoms with van der Waals surface area (Å²) in [5.41, 5.74) is 2.02. The highest BCUT2D eigenvalue weighted by atomic mass is 15.1. The molecule has 0 spiro atoms. The molecule has 0 aromatic carbocycles. The van der Waals surface area contributed by atoms with E-state index in [1.165, 1.54) is 0 Å². The van der Waals surface area contributed by atoms with E-state index in [2.05, 4.69) is 9.97 Å². The highest BCUT2D eigenvalue weighted by Crippen LogP contribution is 2.05. The number of pyridine rings is 1. The van der Waals surface area contributed by atoms with Crippen molar-refractivity contribution in [1.82, 2.24) is 14.5 Å². The summed E-state index contributed by atoms with van der Waals surface area (Å²) in [5.74, 6) is 0.917. The summed E-state index contributed by atoms with van der Waals surface area (Å²) in [7, 11) is 0. The van der Waals surface area contributed by atoms with Gasteiger partial charge in [0.2, 0.25) is 0 Å². The Morgan fingerprint density at radius 3 is 2.33 bits per heavy atom. The number of aromatic nitrogens is 3. The number of aryl methyl sites for hydroxylation is 2. The second-order valence-electron chi connectivity index (χ2n) is 3.06. The Bertz CT molecular complexity index is 418. The van der Waals surface area contributed by atoms with Gasteiger partial charge in [0.15, 0.2) is 0 Å². The van der Waals surface area contributed by atoms with E-state index in [4.69, 9.17) is 0 Å². The molecule has 2 aromatic rings. The molecule has 80 valence electrons. The molecule has 3 heteroatoms. The molecule has 2 rings (SSSR count). The molecule has 0 amide bonds. The third kappa shape index (κ3) is 2.91. The molecular formula is C12H17N3. The molecule has 2 aromatic heterocycles. The van der Waals surface area contributed by atoms with Crippen LogP contribution in [0.3, 0.4) is 0 Å². The lowest BCUT2D eigenvalue weighted by Crippen LogP contribution is -1.94. The third-order valence-corrected chi connectivity index (χ3v) is 1.85. The van der Waals surface area contributed by atoms with Crippen molar-refractivity contribution in [3.63, 3.8) is 0 Å². The van der Waals surface area contributed by atoms with E-state index >= 15 is 0 Å². The normalized spacial score (nSPS) is 9.33. The molecule has 15 heavy (non-hydrogen) atoms. The van der Waals surface area contributed by atoms with Gasteiger partial charge in [0.25, 0.3) is 0 Å². The molecule has 0 fully saturated rings. The molecule has 0 saturated heterocycles. The van der Waals surface area contributed by atoms with Gasteiger partial charge in [-0.1, -0.05) is 19.9 Å². The Morgan fingerprint density at radius 2 is 1.80 bits per heavy atom. The van der Waals surface area contributed by atoms with E-state index in [9.17, 15) is 0 Å². The van der Waals surface area contributed by atoms with E-state index in [1.807, 2.05) is 56.7 Å². The van der Waals surface area contributed by atoms with E-state index in [0.29, 0.717) is 0 Å². The van der Waals surface area contributed by atoms with Crippen LogP contribution in [0.25, 0.3) is 5.82 Å². The van der Waals surface area contributed by atoms with Crippen LogP contribution in [0.15, 0.2) is 30.7 Å². The van der Waals surface area contributed by atoms with Crippen LogP contribution in [-0.2, 0) is 0 Å². The zero-order valence-electron chi connectivity index (χ0n) is 9.73. The predicted octanol–water partition coefficient (Wildman–Crippen LogP) is 2.91. The van der Waals surface area contributed by atoms with E-state index in [1.54, 1.807) is 6.33 Å². The number of nitrogens with zero attached hydrogens (tertiary/aromatic N) is 3. The van der Waals surface area contributed by atoms with Gasteiger partial charge in [-0.3, -0.25) is 4.57 Å². The Labute approximate surface area is 90.8 Å². The van der Waals surface area contributed by atoms with Gasteiger partial charge in [0.05, 0.1) is 5.69 Å². The maximum atomic E-state index is 4.38. The monoisotopic (exact) mass is 203 g/mol. The highest BCUT2D eigenvalue weighted by molar-refractivity contribution is 5.24. The molecule has 0 bridgehead atoms. The van der Waals surface area contributed by atoms with Gasteiger partial charge in [-0.05, 0) is 26.0 Å². The highest BCUT2D eigenvalue weighted by Gasteiger charge is 1.97. The smallest absolute Gasteiger partial charge is 0.138 e. The molecule has 0 aliphatic carbocycles. The van der Waals surface area contributed by atoms with Gasteiger partial charge in [-0.15, -0.1) is 0 Å². The van der Waals surface area contributed by atoms with Crippen LogP contribution in [0.4, 0.5) is 0 Å². The maximum Gasteiger partial charge on any atom is 0.138 e. The fourth-order valence-electron chi connectivity index (χ4n) is 1.22. The van der Waals surface area contributed by atoms with E-state index in [-0.39, 0.29) is 0 Å². The summed E-state index contributed by atoms with van der Waals surface area (Å²) in [6, 6.07) is 5.94. The molecule has 0 unspecified atom stereocenters. The Hall–Kier alpha value is -1.64. The Balaban J connectivity index is 0.000000531. The van der Waals surface area contributed by atoms with Crippen molar-refractivity contribution in [3.05, 3.63) is 42.1 Å². The SMILES string of the molecule is CC.Cc1cn(-c2cccc(C)n2)cn1. The third-order valence-electron chi connectivity index (χ3n) is 1.85. The van der Waals surface area contributed by atoms with Crippen molar-refractivity contribution < 1.29 is 0 Å². The fraction of sp³-hybridized carbons (Fsp3) is 0.333. The van der Waals surface area contributed by atoms with Crippen molar-refractivity contribution >= 4 is 0 Å². The first kappa shape index (κ1) is 11.4. The zero-order chi connectivity index (χ0) is 11.3. The van der Waals surface area contributed by atoms with E-state index in [0.717, 1.165) is 17.2 Å². The standard InChI is InChI=1S/C10H11N3.C2H6/c1-8-4-3-5-10(12-8)13-6-9(2)11-7-13;1-2/h3-7H,1-2H3;1-2H3. The summed E-state index contributed by atoms with van der Waals surface area (Å²) in [6.07, 6.45) is 3.74. The van der Waals surface area contributed by atoms with Crippen molar-refractivity contribution in [2.45, 2.75) is 27.7 Å². The summed E-state index contributed by atoms with van der Waals surface area (Å²) in [4.78, 5) is 8.53. The lowest BCUT2D eigenvalue weighted by molar-refractivity contribution is 0.975. The number of rotatable bonds is 1. The molecule has 0 aliphatic heterocycles. The van der Waals surface area contributed by atoms with Crippen molar-refractivity contribution in [2.75, 3.05) is 0 Å². The van der Waals surface area contributed by atoms with Gasteiger partial charge in [-0.25, -0.2) is 9.97 Å². The minimum Gasteiger partial charge on any atom is -0.290 e. The molecule has 0 radical (unpaired) electrons. The predicted molar refractivity (Wildman–Crippen MR) is 62.2 cm³/mol. The minimum atomic E-state index is 0.917. The van der Waals surface area contributed by atoms with Crippen LogP contribution in [0, 0.1) is 13.8 Å². The second-order valence-corrected chi connectivity index (χ2v) is 3.06. The van der Waals surface area contributed by atoms with Crippen LogP contribution in [0.5, 0.6) is 0 Å². The first-order valence-electron chi connectivity index (χ1n) is 5.20. The van der Waals surface area contributed by atoms with Crippen LogP contribution in [0.1, 0.15) is 25.2 Å². The van der Waals surface area contributed by atoms with Gasteiger partial charge >= 0.3 is 0 Å². The summed E-state index contributed by atoms with van der Waals surface area (Å²) < 4.78 is 1.92. The molecule has 0 aliphatic rings. The second kappa shape index (κ2) is 5.29. The maximum absolute atomic E-state index is 4.38. The average molecular weight is 203 g/mol. The fourth-order valence-corrected chi connectivity index (χ4v) is 1.22. The van der Waals surface area contributed by atoms with Crippen molar-refractivity contribution in [1.29, 1.82) is 0 Å². The van der Waals surface area contributed by atoms with Crippen LogP contribution in [-0.4, -0.2) is 14.5 Å². The zero-order valence-corrected chi connectivity index (χ0v) is 9.73. The Kier molecular flexibility index (Phi) is 4.03. The molecule has 0 saturated carbocycles. The van der Waals surface area contributed by atoms with Crippen LogP contribution in [0.2, 0.25) is 0 Å². The van der Waals surface area contributed by atoms with Crippen molar-refractivity contribution in [3.8, 4) is 5.82 Å². The number of imidazole rings is 1. The lowest BCUT2D eigenvalue weighted by atomic mass is 10.4. The van der Waals surface area contributed by atoms with Gasteiger partial charge in [-0.2, -0.15) is 0 Å². The van der Waals surface area contributed by atoms with Crippen LogP contribution >= 0.6 is 0 Å². The largest absolute Gasteiger partial charge is 0.290 e. The lowest BCUT2D eigenvalue weighted by Gasteiger charge is -2.00. The number of hydrogen-bond acceptors (Lipinski definition) is 2. The average Bonchev–Trinajstić information content (AvgIpc) is 2.68. The number of hydrogen-bond donors (Lipinski definition) is 0. The summed E-state index contributed by atoms with van der Waals surface area (Å²) in [6.45, 7) is 7.94. The quantitative estimate of drug-likeness (QED) is 0.713. The minimum absolute atomic E-state index is 0.917. The van der Waals surface area contributed by atoms with Gasteiger partial charge in [0.1, 0.15) is 12.1 Å². The molecule has 0 N–H and O–H groups in total. The molecule has 0 atom stereocenters. The molecule has 3 nitrogen and oxygen atoms in total. The molecule has 2 heterocycles. The van der Waals surface area contributed by atoms with Crippen molar-refractivity contribution in [2.24, 2.45) is 0 Å².